The maximum Gasteiger partial charge on any atom is 0.239 e. The number of benzene rings is 1. The van der Waals surface area contributed by atoms with Gasteiger partial charge in [-0.15, -0.1) is 0 Å². The lowest BCUT2D eigenvalue weighted by atomic mass is 9.94. The lowest BCUT2D eigenvalue weighted by Crippen LogP contribution is -2.47. The van der Waals surface area contributed by atoms with Crippen LogP contribution in [0.1, 0.15) is 38.2 Å². The number of unbranched alkanes of at least 4 members (excludes halogenated alkanes) is 1. The topological polar surface area (TPSA) is 110 Å². The van der Waals surface area contributed by atoms with Crippen molar-refractivity contribution in [1.29, 1.82) is 0 Å². The van der Waals surface area contributed by atoms with Crippen molar-refractivity contribution >= 4 is 17.7 Å². The third kappa shape index (κ3) is 8.24. The summed E-state index contributed by atoms with van der Waals surface area (Å²) in [6, 6.07) is 8.83. The third-order valence-corrected chi connectivity index (χ3v) is 5.30. The maximum atomic E-state index is 13.0. The van der Waals surface area contributed by atoms with Crippen molar-refractivity contribution in [3.8, 4) is 0 Å². The largest absolute Gasteiger partial charge is 0.368 e. The van der Waals surface area contributed by atoms with Gasteiger partial charge in [0.05, 0.1) is 12.2 Å². The Hall–Kier alpha value is -3.16. The summed E-state index contributed by atoms with van der Waals surface area (Å²) in [4.78, 5) is 43.2. The fraction of sp³-hybridized carbons (Fsp3) is 0.478. The van der Waals surface area contributed by atoms with Gasteiger partial charge >= 0.3 is 0 Å². The Kier molecular flexibility index (Phi) is 9.74. The highest BCUT2D eigenvalue weighted by Gasteiger charge is 2.27. The molecule has 1 aromatic carbocycles. The van der Waals surface area contributed by atoms with Gasteiger partial charge in [0.2, 0.25) is 17.7 Å². The van der Waals surface area contributed by atoms with Crippen LogP contribution in [0.25, 0.3) is 0 Å². The molecule has 2 atom stereocenters. The lowest BCUT2D eigenvalue weighted by Gasteiger charge is -2.23. The van der Waals surface area contributed by atoms with Gasteiger partial charge in [-0.05, 0) is 18.4 Å². The fourth-order valence-corrected chi connectivity index (χ4v) is 3.32. The minimum absolute atomic E-state index is 0.0560. The molecule has 8 heteroatoms. The van der Waals surface area contributed by atoms with Crippen LogP contribution in [0.2, 0.25) is 0 Å². The molecule has 0 radical (unpaired) electrons. The molecule has 168 valence electrons. The number of aromatic nitrogens is 2. The van der Waals surface area contributed by atoms with Crippen LogP contribution in [0.15, 0.2) is 49.1 Å². The summed E-state index contributed by atoms with van der Waals surface area (Å²) in [6.07, 6.45) is 7.87. The van der Waals surface area contributed by atoms with E-state index in [1.54, 1.807) is 24.5 Å². The van der Waals surface area contributed by atoms with Crippen molar-refractivity contribution in [2.75, 3.05) is 13.6 Å². The summed E-state index contributed by atoms with van der Waals surface area (Å²) in [5.41, 5.74) is 6.44. The first kappa shape index (κ1) is 24.1. The van der Waals surface area contributed by atoms with Crippen LogP contribution in [0.5, 0.6) is 0 Å². The molecule has 2 unspecified atom stereocenters. The zero-order valence-electron chi connectivity index (χ0n) is 18.4. The van der Waals surface area contributed by atoms with E-state index >= 15 is 0 Å². The molecule has 0 bridgehead atoms. The predicted molar refractivity (Wildman–Crippen MR) is 119 cm³/mol. The molecular formula is C23H33N5O3. The Morgan fingerprint density at radius 2 is 1.97 bits per heavy atom. The first-order chi connectivity index (χ1) is 14.9. The van der Waals surface area contributed by atoms with Gasteiger partial charge in [-0.2, -0.15) is 0 Å². The Morgan fingerprint density at radius 3 is 2.58 bits per heavy atom. The number of primary amides is 1. The van der Waals surface area contributed by atoms with E-state index in [2.05, 4.69) is 10.3 Å². The van der Waals surface area contributed by atoms with Crippen LogP contribution >= 0.6 is 0 Å². The van der Waals surface area contributed by atoms with Crippen LogP contribution in [-0.4, -0.2) is 51.8 Å². The second-order valence-electron chi connectivity index (χ2n) is 7.81. The van der Waals surface area contributed by atoms with Gasteiger partial charge in [0.15, 0.2) is 0 Å². The average molecular weight is 428 g/mol. The number of hydrogen-bond acceptors (Lipinski definition) is 4. The molecule has 0 spiro atoms. The van der Waals surface area contributed by atoms with Gasteiger partial charge in [-0.1, -0.05) is 50.1 Å². The van der Waals surface area contributed by atoms with Crippen LogP contribution in [0.4, 0.5) is 0 Å². The Labute approximate surface area is 183 Å². The molecule has 1 heterocycles. The number of nitrogens with two attached hydrogens (primary N) is 1. The van der Waals surface area contributed by atoms with Crippen molar-refractivity contribution in [2.24, 2.45) is 11.7 Å². The van der Waals surface area contributed by atoms with Gasteiger partial charge in [0, 0.05) is 39.0 Å². The molecule has 1 aromatic heterocycles. The number of carbonyl (C=O) groups is 3. The van der Waals surface area contributed by atoms with E-state index in [-0.39, 0.29) is 18.2 Å². The van der Waals surface area contributed by atoms with Crippen LogP contribution in [-0.2, 0) is 27.3 Å². The van der Waals surface area contributed by atoms with Crippen molar-refractivity contribution in [3.05, 3.63) is 54.6 Å². The molecule has 3 N–H and O–H groups in total. The number of imidazole rings is 1. The molecular weight excluding hydrogens is 394 g/mol. The summed E-state index contributed by atoms with van der Waals surface area (Å²) < 4.78 is 1.89. The predicted octanol–water partition coefficient (Wildman–Crippen LogP) is 1.75. The highest BCUT2D eigenvalue weighted by atomic mass is 16.2. The second-order valence-corrected chi connectivity index (χ2v) is 7.81. The summed E-state index contributed by atoms with van der Waals surface area (Å²) in [5.74, 6) is -1.58. The second kappa shape index (κ2) is 12.5. The van der Waals surface area contributed by atoms with Crippen molar-refractivity contribution in [3.63, 3.8) is 0 Å². The van der Waals surface area contributed by atoms with E-state index < -0.39 is 17.9 Å². The summed E-state index contributed by atoms with van der Waals surface area (Å²) in [5, 5.41) is 2.77. The van der Waals surface area contributed by atoms with Gasteiger partial charge < -0.3 is 20.5 Å². The highest BCUT2D eigenvalue weighted by Crippen LogP contribution is 2.15. The first-order valence-corrected chi connectivity index (χ1v) is 10.7. The molecule has 0 fully saturated rings. The van der Waals surface area contributed by atoms with Crippen molar-refractivity contribution in [1.82, 2.24) is 19.8 Å². The third-order valence-electron chi connectivity index (χ3n) is 5.30. The van der Waals surface area contributed by atoms with Gasteiger partial charge in [-0.3, -0.25) is 14.4 Å². The Bertz CT molecular complexity index is 823. The number of rotatable bonds is 13. The van der Waals surface area contributed by atoms with Gasteiger partial charge in [-0.25, -0.2) is 4.98 Å². The van der Waals surface area contributed by atoms with Crippen LogP contribution in [0.3, 0.4) is 0 Å². The van der Waals surface area contributed by atoms with Gasteiger partial charge in [0.1, 0.15) is 6.04 Å². The molecule has 0 aliphatic heterocycles. The SMILES string of the molecule is CCCCC(NC(=O)C(CC(=O)N(C)CCn1ccnc1)Cc1ccccc1)C(N)=O. The van der Waals surface area contributed by atoms with Crippen LogP contribution in [0, 0.1) is 5.92 Å². The maximum absolute atomic E-state index is 13.0. The zero-order chi connectivity index (χ0) is 22.6. The summed E-state index contributed by atoms with van der Waals surface area (Å²) in [7, 11) is 1.73. The Morgan fingerprint density at radius 1 is 1.23 bits per heavy atom. The number of amides is 3. The monoisotopic (exact) mass is 427 g/mol. The van der Waals surface area contributed by atoms with E-state index in [4.69, 9.17) is 5.73 Å². The van der Waals surface area contributed by atoms with Crippen molar-refractivity contribution in [2.45, 2.75) is 51.6 Å². The van der Waals surface area contributed by atoms with E-state index in [0.717, 1.165) is 18.4 Å². The molecule has 2 aromatic rings. The average Bonchev–Trinajstić information content (AvgIpc) is 3.28. The van der Waals surface area contributed by atoms with E-state index in [1.165, 1.54) is 0 Å². The minimum atomic E-state index is -0.722. The highest BCUT2D eigenvalue weighted by molar-refractivity contribution is 5.90. The molecule has 3 amide bonds. The van der Waals surface area contributed by atoms with E-state index in [9.17, 15) is 14.4 Å². The molecule has 2 rings (SSSR count). The normalized spacial score (nSPS) is 12.7. The number of likely N-dealkylation sites (N-methyl/N-ethyl adjacent to an activating group) is 1. The quantitative estimate of drug-likeness (QED) is 0.507. The lowest BCUT2D eigenvalue weighted by molar-refractivity contribution is -0.136. The first-order valence-electron chi connectivity index (χ1n) is 10.7. The standard InChI is InChI=1S/C23H33N5O3/c1-3-4-10-20(22(24)30)26-23(31)19(15-18-8-6-5-7-9-18)16-21(29)27(2)13-14-28-12-11-25-17-28/h5-9,11-12,17,19-20H,3-4,10,13-16H2,1-2H3,(H2,24,30)(H,26,31). The fourth-order valence-electron chi connectivity index (χ4n) is 3.32. The minimum Gasteiger partial charge on any atom is -0.368 e. The molecule has 31 heavy (non-hydrogen) atoms. The number of carbonyl (C=O) groups excluding carboxylic acids is 3. The molecule has 0 aliphatic carbocycles. The van der Waals surface area contributed by atoms with E-state index in [0.29, 0.717) is 25.9 Å². The molecule has 0 aliphatic rings. The van der Waals surface area contributed by atoms with Crippen LogP contribution < -0.4 is 11.1 Å². The molecule has 0 saturated heterocycles. The number of hydrogen-bond donors (Lipinski definition) is 2. The zero-order valence-corrected chi connectivity index (χ0v) is 18.4. The Balaban J connectivity index is 2.04. The molecule has 8 nitrogen and oxygen atoms in total. The van der Waals surface area contributed by atoms with E-state index in [1.807, 2.05) is 48.0 Å². The van der Waals surface area contributed by atoms with Gasteiger partial charge in [0.25, 0.3) is 0 Å². The number of nitrogens with zero attached hydrogens (tertiary/aromatic N) is 3. The van der Waals surface area contributed by atoms with Crippen molar-refractivity contribution < 1.29 is 14.4 Å². The smallest absolute Gasteiger partial charge is 0.239 e. The summed E-state index contributed by atoms with van der Waals surface area (Å²) >= 11 is 0. The summed E-state index contributed by atoms with van der Waals surface area (Å²) in [6.45, 7) is 3.14. The number of nitrogens with one attached hydrogen (secondary N) is 1. The molecule has 0 saturated carbocycles.